The second kappa shape index (κ2) is 10.7. The molecule has 0 radical (unpaired) electrons. The summed E-state index contributed by atoms with van der Waals surface area (Å²) in [6, 6.07) is 5.90. The minimum Gasteiger partial charge on any atom is -0.494 e. The minimum atomic E-state index is -3.61. The molecule has 28 heavy (non-hydrogen) atoms. The van der Waals surface area contributed by atoms with Crippen LogP contribution in [0.15, 0.2) is 24.3 Å². The van der Waals surface area contributed by atoms with E-state index >= 15 is 0 Å². The van der Waals surface area contributed by atoms with E-state index in [0.717, 1.165) is 36.6 Å². The van der Waals surface area contributed by atoms with Crippen LogP contribution >= 0.6 is 0 Å². The molecule has 1 aliphatic heterocycles. The summed E-state index contributed by atoms with van der Waals surface area (Å²) in [5.74, 6) is 0.368. The topological polar surface area (TPSA) is 79.0 Å². The monoisotopic (exact) mass is 411 g/mol. The van der Waals surface area contributed by atoms with Crippen molar-refractivity contribution in [1.82, 2.24) is 10.2 Å². The molecule has 1 aromatic carbocycles. The van der Waals surface area contributed by atoms with Gasteiger partial charge < -0.3 is 15.0 Å². The molecule has 0 spiro atoms. The van der Waals surface area contributed by atoms with E-state index in [1.54, 1.807) is 31.2 Å². The molecule has 1 atom stereocenters. The molecule has 0 aliphatic carbocycles. The summed E-state index contributed by atoms with van der Waals surface area (Å²) >= 11 is 0. The number of benzene rings is 1. The quantitative estimate of drug-likeness (QED) is 0.598. The Labute approximate surface area is 169 Å². The molecule has 1 aliphatic rings. The fourth-order valence-electron chi connectivity index (χ4n) is 3.51. The van der Waals surface area contributed by atoms with Crippen molar-refractivity contribution in [3.05, 3.63) is 24.3 Å². The molecule has 1 amide bonds. The number of anilines is 1. The van der Waals surface area contributed by atoms with Crippen molar-refractivity contribution in [2.45, 2.75) is 45.6 Å². The van der Waals surface area contributed by atoms with E-state index in [1.807, 2.05) is 6.92 Å². The predicted octanol–water partition coefficient (Wildman–Crippen LogP) is 2.23. The number of hydrogen-bond acceptors (Lipinski definition) is 5. The maximum atomic E-state index is 12.6. The number of likely N-dealkylation sites (tertiary alicyclic amines) is 1. The zero-order valence-corrected chi connectivity index (χ0v) is 18.0. The fourth-order valence-corrected chi connectivity index (χ4v) is 4.68. The van der Waals surface area contributed by atoms with Crippen LogP contribution in [0.1, 0.15) is 39.5 Å². The van der Waals surface area contributed by atoms with Gasteiger partial charge in [-0.2, -0.15) is 0 Å². The number of nitrogens with one attached hydrogen (secondary N) is 1. The molecule has 7 nitrogen and oxygen atoms in total. The Balaban J connectivity index is 1.93. The lowest BCUT2D eigenvalue weighted by Gasteiger charge is -2.29. The highest BCUT2D eigenvalue weighted by molar-refractivity contribution is 7.92. The Hall–Kier alpha value is -1.80. The van der Waals surface area contributed by atoms with Gasteiger partial charge in [-0.1, -0.05) is 6.42 Å². The van der Waals surface area contributed by atoms with Crippen molar-refractivity contribution >= 4 is 21.6 Å². The Morgan fingerprint density at radius 2 is 1.86 bits per heavy atom. The maximum absolute atomic E-state index is 12.6. The highest BCUT2D eigenvalue weighted by Crippen LogP contribution is 2.24. The Kier molecular flexibility index (Phi) is 8.57. The molecule has 0 saturated carbocycles. The van der Waals surface area contributed by atoms with Gasteiger partial charge >= 0.3 is 0 Å². The summed E-state index contributed by atoms with van der Waals surface area (Å²) in [7, 11) is -3.61. The molecule has 1 aromatic rings. The average Bonchev–Trinajstić information content (AvgIpc) is 2.66. The van der Waals surface area contributed by atoms with E-state index in [4.69, 9.17) is 4.74 Å². The highest BCUT2D eigenvalue weighted by atomic mass is 32.2. The van der Waals surface area contributed by atoms with Gasteiger partial charge in [0.1, 0.15) is 11.8 Å². The number of amides is 1. The summed E-state index contributed by atoms with van der Waals surface area (Å²) in [6.07, 6.45) is 5.77. The van der Waals surface area contributed by atoms with Crippen LogP contribution in [0.3, 0.4) is 0 Å². The Bertz CT molecular complexity index is 715. The molecule has 0 bridgehead atoms. The van der Waals surface area contributed by atoms with Crippen molar-refractivity contribution in [1.29, 1.82) is 0 Å². The highest BCUT2D eigenvalue weighted by Gasteiger charge is 2.29. The lowest BCUT2D eigenvalue weighted by atomic mass is 10.1. The molecule has 1 fully saturated rings. The minimum absolute atomic E-state index is 0.294. The Morgan fingerprint density at radius 3 is 2.43 bits per heavy atom. The normalized spacial score (nSPS) is 16.4. The molecule has 2 rings (SSSR count). The van der Waals surface area contributed by atoms with Gasteiger partial charge in [-0.25, -0.2) is 8.42 Å². The first-order valence-corrected chi connectivity index (χ1v) is 11.9. The van der Waals surface area contributed by atoms with Crippen LogP contribution in [-0.4, -0.2) is 64.3 Å². The number of sulfonamides is 1. The zero-order chi connectivity index (χ0) is 20.6. The molecule has 158 valence electrons. The number of piperidine rings is 1. The number of carbonyl (C=O) groups is 1. The molecule has 0 aromatic heterocycles. The summed E-state index contributed by atoms with van der Waals surface area (Å²) in [6.45, 7) is 7.79. The number of hydrogen-bond donors (Lipinski definition) is 1. The summed E-state index contributed by atoms with van der Waals surface area (Å²) in [5.41, 5.74) is 0.446. The number of rotatable bonds is 10. The largest absolute Gasteiger partial charge is 0.494 e. The van der Waals surface area contributed by atoms with Gasteiger partial charge in [0.2, 0.25) is 15.9 Å². The third-order valence-electron chi connectivity index (χ3n) is 4.89. The standard InChI is InChI=1S/C20H33N3O4S/c1-4-27-19-11-9-18(10-12-19)23(28(3,25)26)17(2)20(24)21-13-8-16-22-14-6-5-7-15-22/h9-12,17H,4-8,13-16H2,1-3H3,(H,21,24)/t17-/m1/s1. The van der Waals surface area contributed by atoms with Crippen LogP contribution in [0, 0.1) is 0 Å². The molecular formula is C20H33N3O4S. The second-order valence-electron chi connectivity index (χ2n) is 7.21. The average molecular weight is 412 g/mol. The van der Waals surface area contributed by atoms with Gasteiger partial charge in [0.25, 0.3) is 0 Å². The predicted molar refractivity (Wildman–Crippen MR) is 112 cm³/mol. The van der Waals surface area contributed by atoms with Crippen molar-refractivity contribution in [2.75, 3.05) is 43.3 Å². The summed E-state index contributed by atoms with van der Waals surface area (Å²) < 4.78 is 31.2. The molecule has 1 heterocycles. The van der Waals surface area contributed by atoms with Crippen molar-refractivity contribution < 1.29 is 17.9 Å². The molecule has 8 heteroatoms. The van der Waals surface area contributed by atoms with Crippen molar-refractivity contribution in [2.24, 2.45) is 0 Å². The van der Waals surface area contributed by atoms with Crippen LogP contribution in [-0.2, 0) is 14.8 Å². The van der Waals surface area contributed by atoms with Crippen LogP contribution < -0.4 is 14.4 Å². The van der Waals surface area contributed by atoms with Crippen molar-refractivity contribution in [3.63, 3.8) is 0 Å². The SMILES string of the molecule is CCOc1ccc(N([C@H](C)C(=O)NCCCN2CCCCC2)S(C)(=O)=O)cc1. The number of carbonyl (C=O) groups excluding carboxylic acids is 1. The van der Waals surface area contributed by atoms with E-state index in [0.29, 0.717) is 24.6 Å². The van der Waals surface area contributed by atoms with Crippen molar-refractivity contribution in [3.8, 4) is 5.75 Å². The van der Waals surface area contributed by atoms with Gasteiger partial charge in [-0.05, 0) is 77.0 Å². The van der Waals surface area contributed by atoms with Gasteiger partial charge in [0, 0.05) is 6.54 Å². The lowest BCUT2D eigenvalue weighted by Crippen LogP contribution is -2.48. The molecule has 1 saturated heterocycles. The first-order chi connectivity index (χ1) is 13.3. The smallest absolute Gasteiger partial charge is 0.243 e. The van der Waals surface area contributed by atoms with Crippen LogP contribution in [0.4, 0.5) is 5.69 Å². The zero-order valence-electron chi connectivity index (χ0n) is 17.2. The van der Waals surface area contributed by atoms with Crippen LogP contribution in [0.25, 0.3) is 0 Å². The van der Waals surface area contributed by atoms with E-state index in [1.165, 1.54) is 19.3 Å². The number of ether oxygens (including phenoxy) is 1. The van der Waals surface area contributed by atoms with E-state index < -0.39 is 16.1 Å². The third kappa shape index (κ3) is 6.67. The fraction of sp³-hybridized carbons (Fsp3) is 0.650. The van der Waals surface area contributed by atoms with Gasteiger partial charge in [-0.15, -0.1) is 0 Å². The van der Waals surface area contributed by atoms with Gasteiger partial charge in [-0.3, -0.25) is 9.10 Å². The van der Waals surface area contributed by atoms with Crippen LogP contribution in [0.5, 0.6) is 5.75 Å². The van der Waals surface area contributed by atoms with Gasteiger partial charge in [0.15, 0.2) is 0 Å². The van der Waals surface area contributed by atoms with Crippen LogP contribution in [0.2, 0.25) is 0 Å². The van der Waals surface area contributed by atoms with E-state index in [2.05, 4.69) is 10.2 Å². The lowest BCUT2D eigenvalue weighted by molar-refractivity contribution is -0.121. The molecule has 0 unspecified atom stereocenters. The third-order valence-corrected chi connectivity index (χ3v) is 6.13. The summed E-state index contributed by atoms with van der Waals surface area (Å²) in [4.78, 5) is 15.0. The number of nitrogens with zero attached hydrogens (tertiary/aromatic N) is 2. The van der Waals surface area contributed by atoms with E-state index in [-0.39, 0.29) is 5.91 Å². The van der Waals surface area contributed by atoms with Gasteiger partial charge in [0.05, 0.1) is 18.6 Å². The van der Waals surface area contributed by atoms with E-state index in [9.17, 15) is 13.2 Å². The Morgan fingerprint density at radius 1 is 1.21 bits per heavy atom. The summed E-state index contributed by atoms with van der Waals surface area (Å²) in [5, 5.41) is 2.88. The maximum Gasteiger partial charge on any atom is 0.243 e. The molecule has 1 N–H and O–H groups in total. The first kappa shape index (κ1) is 22.5. The first-order valence-electron chi connectivity index (χ1n) is 10.0. The molecular weight excluding hydrogens is 378 g/mol. The second-order valence-corrected chi connectivity index (χ2v) is 9.07.